The molecule has 5 nitrogen and oxygen atoms in total. The van der Waals surface area contributed by atoms with Crippen LogP contribution >= 0.6 is 0 Å². The molecule has 3 aliphatic carbocycles. The second-order valence-electron chi connectivity index (χ2n) is 10.2. The van der Waals surface area contributed by atoms with E-state index in [2.05, 4.69) is 34.3 Å². The van der Waals surface area contributed by atoms with Crippen LogP contribution in [0.15, 0.2) is 23.3 Å². The minimum absolute atomic E-state index is 0.0669. The average Bonchev–Trinajstić information content (AvgIpc) is 2.54. The van der Waals surface area contributed by atoms with Crippen LogP contribution in [0.4, 0.5) is 0 Å². The lowest BCUT2D eigenvalue weighted by Gasteiger charge is -2.56. The van der Waals surface area contributed by atoms with Gasteiger partial charge < -0.3 is 14.6 Å². The van der Waals surface area contributed by atoms with Crippen molar-refractivity contribution in [3.8, 4) is 0 Å². The maximum atomic E-state index is 11.8. The third kappa shape index (κ3) is 3.90. The van der Waals surface area contributed by atoms with E-state index in [-0.39, 0.29) is 46.8 Å². The summed E-state index contributed by atoms with van der Waals surface area (Å²) >= 11 is 0. The molecule has 3 rings (SSSR count). The number of ether oxygens (including phenoxy) is 2. The molecule has 0 spiro atoms. The molecule has 3 aliphatic rings. The summed E-state index contributed by atoms with van der Waals surface area (Å²) in [5.74, 6) is -0.398. The second kappa shape index (κ2) is 7.57. The summed E-state index contributed by atoms with van der Waals surface area (Å²) in [5.41, 5.74) is 2.76. The summed E-state index contributed by atoms with van der Waals surface area (Å²) in [4.78, 5) is 23.4. The molecule has 162 valence electrons. The molecule has 0 aromatic carbocycles. The van der Waals surface area contributed by atoms with Crippen molar-refractivity contribution >= 4 is 11.9 Å². The summed E-state index contributed by atoms with van der Waals surface area (Å²) in [6, 6.07) is 0. The molecule has 2 bridgehead atoms. The van der Waals surface area contributed by atoms with Crippen LogP contribution in [0, 0.1) is 22.7 Å². The van der Waals surface area contributed by atoms with Gasteiger partial charge in [-0.15, -0.1) is 0 Å². The Morgan fingerprint density at radius 3 is 2.34 bits per heavy atom. The molecular weight excluding hydrogens is 368 g/mol. The van der Waals surface area contributed by atoms with Gasteiger partial charge in [0, 0.05) is 26.2 Å². The highest BCUT2D eigenvalue weighted by molar-refractivity contribution is 5.67. The summed E-state index contributed by atoms with van der Waals surface area (Å²) < 4.78 is 11.3. The molecule has 29 heavy (non-hydrogen) atoms. The maximum absolute atomic E-state index is 11.8. The Hall–Kier alpha value is -1.62. The Labute approximate surface area is 174 Å². The van der Waals surface area contributed by atoms with E-state index in [9.17, 15) is 14.7 Å². The summed E-state index contributed by atoms with van der Waals surface area (Å²) in [5, 5.41) is 11.3. The van der Waals surface area contributed by atoms with Crippen LogP contribution in [0.25, 0.3) is 0 Å². The van der Waals surface area contributed by atoms with Gasteiger partial charge in [0.15, 0.2) is 0 Å². The van der Waals surface area contributed by atoms with Crippen LogP contribution in [-0.2, 0) is 19.1 Å². The number of carbonyl (C=O) groups excluding carboxylic acids is 2. The molecule has 0 aromatic heterocycles. The van der Waals surface area contributed by atoms with Gasteiger partial charge in [0.2, 0.25) is 0 Å². The lowest BCUT2D eigenvalue weighted by atomic mass is 9.51. The molecule has 2 saturated carbocycles. The second-order valence-corrected chi connectivity index (χ2v) is 10.2. The first-order valence-electron chi connectivity index (χ1n) is 10.8. The zero-order valence-corrected chi connectivity index (χ0v) is 18.7. The van der Waals surface area contributed by atoms with Crippen LogP contribution in [0.3, 0.4) is 0 Å². The van der Waals surface area contributed by atoms with E-state index in [0.717, 1.165) is 36.0 Å². The monoisotopic (exact) mass is 404 g/mol. The van der Waals surface area contributed by atoms with Gasteiger partial charge in [0.25, 0.3) is 0 Å². The minimum Gasteiger partial charge on any atom is -0.462 e. The molecular formula is C24H36O5. The fraction of sp³-hybridized carbons (Fsp3) is 0.750. The van der Waals surface area contributed by atoms with E-state index in [1.54, 1.807) is 0 Å². The van der Waals surface area contributed by atoms with Crippen molar-refractivity contribution in [1.82, 2.24) is 0 Å². The van der Waals surface area contributed by atoms with Gasteiger partial charge in [-0.05, 0) is 60.5 Å². The third-order valence-corrected chi connectivity index (χ3v) is 7.83. The summed E-state index contributed by atoms with van der Waals surface area (Å²) in [7, 11) is 0. The van der Waals surface area contributed by atoms with E-state index >= 15 is 0 Å². The van der Waals surface area contributed by atoms with Gasteiger partial charge in [0.1, 0.15) is 12.2 Å². The van der Waals surface area contributed by atoms with Gasteiger partial charge in [-0.2, -0.15) is 0 Å². The standard InChI is InChI=1S/C24H36O5/c1-13-10-21(29-16(4)26)18-11-17-14(2)20(28-15(3)25)8-9-24(17,7)12-19(27)22(13)23(18,5)6/h17-21,27H,2,8-12H2,1,3-7H3/t17-,18-,19+,20+,21+,24+/m1/s1. The summed E-state index contributed by atoms with van der Waals surface area (Å²) in [6.07, 6.45) is 2.70. The topological polar surface area (TPSA) is 72.8 Å². The number of fused-ring (bicyclic) bond motifs is 3. The van der Waals surface area contributed by atoms with Crippen LogP contribution in [0.1, 0.15) is 73.6 Å². The highest BCUT2D eigenvalue weighted by Gasteiger charge is 2.54. The molecule has 0 saturated heterocycles. The van der Waals surface area contributed by atoms with E-state index in [4.69, 9.17) is 9.47 Å². The van der Waals surface area contributed by atoms with Gasteiger partial charge in [0.05, 0.1) is 6.10 Å². The largest absolute Gasteiger partial charge is 0.462 e. The molecule has 0 unspecified atom stereocenters. The van der Waals surface area contributed by atoms with Crippen molar-refractivity contribution in [2.24, 2.45) is 22.7 Å². The number of esters is 2. The van der Waals surface area contributed by atoms with Crippen molar-refractivity contribution in [3.63, 3.8) is 0 Å². The van der Waals surface area contributed by atoms with Crippen molar-refractivity contribution < 1.29 is 24.2 Å². The molecule has 2 fully saturated rings. The SMILES string of the molecule is C=C1[C@@H](OC(C)=O)CC[C@@]2(C)C[C@H](O)C3=C(C)C[C@H](OC(C)=O)[C@@H](C[C@H]12)C3(C)C. The lowest BCUT2D eigenvalue weighted by molar-refractivity contribution is -0.156. The van der Waals surface area contributed by atoms with E-state index in [0.29, 0.717) is 12.8 Å². The Morgan fingerprint density at radius 1 is 1.14 bits per heavy atom. The predicted molar refractivity (Wildman–Crippen MR) is 111 cm³/mol. The van der Waals surface area contributed by atoms with Crippen molar-refractivity contribution in [1.29, 1.82) is 0 Å². The summed E-state index contributed by atoms with van der Waals surface area (Å²) in [6.45, 7) is 15.8. The van der Waals surface area contributed by atoms with Crippen LogP contribution in [-0.4, -0.2) is 35.4 Å². The van der Waals surface area contributed by atoms with Crippen molar-refractivity contribution in [3.05, 3.63) is 23.3 Å². The first-order chi connectivity index (χ1) is 13.4. The number of rotatable bonds is 2. The van der Waals surface area contributed by atoms with Crippen LogP contribution in [0.2, 0.25) is 0 Å². The molecule has 1 N–H and O–H groups in total. The Bertz CT molecular complexity index is 748. The Morgan fingerprint density at radius 2 is 1.76 bits per heavy atom. The predicted octanol–water partition coefficient (Wildman–Crippen LogP) is 4.34. The minimum atomic E-state index is -0.531. The van der Waals surface area contributed by atoms with Gasteiger partial charge >= 0.3 is 11.9 Å². The molecule has 0 heterocycles. The first-order valence-corrected chi connectivity index (χ1v) is 10.8. The van der Waals surface area contributed by atoms with E-state index in [1.165, 1.54) is 13.8 Å². The number of aliphatic hydroxyl groups is 1. The first kappa shape index (κ1) is 22.1. The smallest absolute Gasteiger partial charge is 0.303 e. The number of hydrogen-bond acceptors (Lipinski definition) is 5. The number of aliphatic hydroxyl groups excluding tert-OH is 1. The zero-order chi connectivity index (χ0) is 21.7. The Kier molecular flexibility index (Phi) is 5.76. The van der Waals surface area contributed by atoms with E-state index in [1.807, 2.05) is 0 Å². The molecule has 0 aliphatic heterocycles. The molecule has 0 aromatic rings. The van der Waals surface area contributed by atoms with Crippen LogP contribution in [0.5, 0.6) is 0 Å². The number of hydrogen-bond donors (Lipinski definition) is 1. The van der Waals surface area contributed by atoms with Gasteiger partial charge in [-0.3, -0.25) is 9.59 Å². The fourth-order valence-electron chi connectivity index (χ4n) is 6.57. The van der Waals surface area contributed by atoms with E-state index < -0.39 is 6.10 Å². The average molecular weight is 405 g/mol. The Balaban J connectivity index is 2.05. The van der Waals surface area contributed by atoms with Gasteiger partial charge in [-0.25, -0.2) is 0 Å². The zero-order valence-electron chi connectivity index (χ0n) is 18.7. The molecule has 0 amide bonds. The van der Waals surface area contributed by atoms with Crippen molar-refractivity contribution in [2.75, 3.05) is 0 Å². The lowest BCUT2D eigenvalue weighted by Crippen LogP contribution is -2.52. The highest BCUT2D eigenvalue weighted by atomic mass is 16.5. The maximum Gasteiger partial charge on any atom is 0.303 e. The quantitative estimate of drug-likeness (QED) is 0.547. The normalized spacial score (nSPS) is 39.1. The van der Waals surface area contributed by atoms with Crippen molar-refractivity contribution in [2.45, 2.75) is 92.0 Å². The molecule has 0 radical (unpaired) electrons. The fourth-order valence-corrected chi connectivity index (χ4v) is 6.57. The highest BCUT2D eigenvalue weighted by Crippen LogP contribution is 2.59. The molecule has 6 atom stereocenters. The number of carbonyl (C=O) groups is 2. The molecule has 5 heteroatoms. The van der Waals surface area contributed by atoms with Gasteiger partial charge in [-0.1, -0.05) is 32.9 Å². The third-order valence-electron chi connectivity index (χ3n) is 7.83. The van der Waals surface area contributed by atoms with Crippen LogP contribution < -0.4 is 0 Å².